The highest BCUT2D eigenvalue weighted by atomic mass is 127. The summed E-state index contributed by atoms with van der Waals surface area (Å²) in [6, 6.07) is 10.3. The van der Waals surface area contributed by atoms with Crippen LogP contribution < -0.4 is 10.6 Å². The van der Waals surface area contributed by atoms with Gasteiger partial charge in [-0.1, -0.05) is 30.3 Å². The van der Waals surface area contributed by atoms with Crippen LogP contribution in [0.2, 0.25) is 0 Å². The third kappa shape index (κ3) is 9.25. The van der Waals surface area contributed by atoms with Gasteiger partial charge >= 0.3 is 0 Å². The summed E-state index contributed by atoms with van der Waals surface area (Å²) in [5.41, 5.74) is 1.23. The summed E-state index contributed by atoms with van der Waals surface area (Å²) in [6.07, 6.45) is 1.08. The summed E-state index contributed by atoms with van der Waals surface area (Å²) in [6.45, 7) is 10.0. The number of aliphatic imine (C=N–C) groups is 1. The number of benzene rings is 1. The lowest BCUT2D eigenvalue weighted by atomic mass is 10.1. The molecule has 4 nitrogen and oxygen atoms in total. The molecule has 126 valence electrons. The first-order valence-corrected chi connectivity index (χ1v) is 7.58. The Kier molecular flexibility index (Phi) is 10.4. The third-order valence-corrected chi connectivity index (χ3v) is 2.97. The van der Waals surface area contributed by atoms with Crippen LogP contribution in [0.15, 0.2) is 35.3 Å². The number of hydrogen-bond donors (Lipinski definition) is 2. The van der Waals surface area contributed by atoms with E-state index in [4.69, 9.17) is 4.74 Å². The van der Waals surface area contributed by atoms with E-state index in [1.807, 2.05) is 18.2 Å². The molecule has 0 spiro atoms. The number of nitrogens with one attached hydrogen (secondary N) is 2. The first-order valence-electron chi connectivity index (χ1n) is 7.58. The van der Waals surface area contributed by atoms with Gasteiger partial charge in [-0.25, -0.2) is 0 Å². The second kappa shape index (κ2) is 10.8. The predicted molar refractivity (Wildman–Crippen MR) is 105 cm³/mol. The summed E-state index contributed by atoms with van der Waals surface area (Å²) < 4.78 is 5.84. The Morgan fingerprint density at radius 3 is 2.41 bits per heavy atom. The monoisotopic (exact) mass is 419 g/mol. The SMILES string of the molecule is CN=C(NCCCOC(C)c1ccccc1)NC(C)(C)C.I. The molecule has 0 aliphatic carbocycles. The molecule has 0 aromatic heterocycles. The van der Waals surface area contributed by atoms with Crippen molar-refractivity contribution in [3.8, 4) is 0 Å². The zero-order chi connectivity index (χ0) is 15.7. The van der Waals surface area contributed by atoms with E-state index in [9.17, 15) is 0 Å². The first kappa shape index (κ1) is 21.2. The van der Waals surface area contributed by atoms with Gasteiger partial charge in [0.25, 0.3) is 0 Å². The molecule has 1 aromatic rings. The fourth-order valence-corrected chi connectivity index (χ4v) is 1.89. The van der Waals surface area contributed by atoms with E-state index in [1.54, 1.807) is 7.05 Å². The van der Waals surface area contributed by atoms with E-state index in [2.05, 4.69) is 55.5 Å². The van der Waals surface area contributed by atoms with Gasteiger partial charge in [0.1, 0.15) is 0 Å². The normalized spacial score (nSPS) is 13.2. The van der Waals surface area contributed by atoms with Gasteiger partial charge in [0, 0.05) is 25.7 Å². The van der Waals surface area contributed by atoms with E-state index >= 15 is 0 Å². The minimum Gasteiger partial charge on any atom is -0.374 e. The molecule has 0 bridgehead atoms. The van der Waals surface area contributed by atoms with E-state index in [0.717, 1.165) is 25.5 Å². The number of nitrogens with zero attached hydrogens (tertiary/aromatic N) is 1. The maximum Gasteiger partial charge on any atom is 0.191 e. The Balaban J connectivity index is 0.00000441. The summed E-state index contributed by atoms with van der Waals surface area (Å²) in [4.78, 5) is 4.21. The summed E-state index contributed by atoms with van der Waals surface area (Å²) >= 11 is 0. The fourth-order valence-electron chi connectivity index (χ4n) is 1.89. The molecule has 5 heteroatoms. The minimum absolute atomic E-state index is 0. The van der Waals surface area contributed by atoms with Gasteiger partial charge in [0.05, 0.1) is 6.10 Å². The quantitative estimate of drug-likeness (QED) is 0.320. The molecular formula is C17H30IN3O. The van der Waals surface area contributed by atoms with Crippen molar-refractivity contribution in [3.63, 3.8) is 0 Å². The Bertz CT molecular complexity index is 429. The van der Waals surface area contributed by atoms with Crippen molar-refractivity contribution in [3.05, 3.63) is 35.9 Å². The van der Waals surface area contributed by atoms with E-state index in [1.165, 1.54) is 5.56 Å². The van der Waals surface area contributed by atoms with Crippen molar-refractivity contribution in [2.45, 2.75) is 45.8 Å². The number of halogens is 1. The largest absolute Gasteiger partial charge is 0.374 e. The molecule has 1 aromatic carbocycles. The van der Waals surface area contributed by atoms with Gasteiger partial charge in [-0.3, -0.25) is 4.99 Å². The van der Waals surface area contributed by atoms with Crippen molar-refractivity contribution in [2.75, 3.05) is 20.2 Å². The summed E-state index contributed by atoms with van der Waals surface area (Å²) in [5.74, 6) is 0.832. The van der Waals surface area contributed by atoms with Gasteiger partial charge in [-0.2, -0.15) is 0 Å². The molecule has 1 rings (SSSR count). The van der Waals surface area contributed by atoms with Crippen LogP contribution >= 0.6 is 24.0 Å². The van der Waals surface area contributed by atoms with E-state index in [-0.39, 0.29) is 35.6 Å². The van der Waals surface area contributed by atoms with Gasteiger partial charge in [-0.15, -0.1) is 24.0 Å². The number of guanidine groups is 1. The van der Waals surface area contributed by atoms with Gasteiger partial charge in [0.2, 0.25) is 0 Å². The van der Waals surface area contributed by atoms with Crippen LogP contribution in [0, 0.1) is 0 Å². The zero-order valence-corrected chi connectivity index (χ0v) is 16.7. The molecular weight excluding hydrogens is 389 g/mol. The standard InChI is InChI=1S/C17H29N3O.HI/c1-14(15-10-7-6-8-11-15)21-13-9-12-19-16(18-5)20-17(2,3)4;/h6-8,10-11,14H,9,12-13H2,1-5H3,(H2,18,19,20);1H. The van der Waals surface area contributed by atoms with Crippen molar-refractivity contribution >= 4 is 29.9 Å². The van der Waals surface area contributed by atoms with Crippen LogP contribution in [0.25, 0.3) is 0 Å². The Morgan fingerprint density at radius 1 is 1.23 bits per heavy atom. The molecule has 0 aliphatic heterocycles. The Morgan fingerprint density at radius 2 is 1.86 bits per heavy atom. The predicted octanol–water partition coefficient (Wildman–Crippen LogP) is 3.74. The van der Waals surface area contributed by atoms with E-state index in [0.29, 0.717) is 0 Å². The van der Waals surface area contributed by atoms with Crippen LogP contribution in [-0.4, -0.2) is 31.7 Å². The number of hydrogen-bond acceptors (Lipinski definition) is 2. The molecule has 0 aliphatic rings. The topological polar surface area (TPSA) is 45.7 Å². The average Bonchev–Trinajstić information content (AvgIpc) is 2.45. The van der Waals surface area contributed by atoms with E-state index < -0.39 is 0 Å². The van der Waals surface area contributed by atoms with Crippen molar-refractivity contribution in [1.29, 1.82) is 0 Å². The molecule has 0 heterocycles. The van der Waals surface area contributed by atoms with Crippen molar-refractivity contribution in [2.24, 2.45) is 4.99 Å². The summed E-state index contributed by atoms with van der Waals surface area (Å²) in [7, 11) is 1.79. The lowest BCUT2D eigenvalue weighted by molar-refractivity contribution is 0.0646. The highest BCUT2D eigenvalue weighted by Gasteiger charge is 2.11. The molecule has 1 unspecified atom stereocenters. The molecule has 1 atom stereocenters. The Hall–Kier alpha value is -0.820. The molecule has 0 saturated carbocycles. The molecule has 2 N–H and O–H groups in total. The molecule has 0 amide bonds. The highest BCUT2D eigenvalue weighted by molar-refractivity contribution is 14.0. The summed E-state index contributed by atoms with van der Waals surface area (Å²) in [5, 5.41) is 6.63. The molecule has 22 heavy (non-hydrogen) atoms. The van der Waals surface area contributed by atoms with Crippen LogP contribution in [0.4, 0.5) is 0 Å². The van der Waals surface area contributed by atoms with Crippen LogP contribution in [0.1, 0.15) is 45.8 Å². The molecule has 0 fully saturated rings. The number of ether oxygens (including phenoxy) is 1. The fraction of sp³-hybridized carbons (Fsp3) is 0.588. The molecule has 0 radical (unpaired) electrons. The van der Waals surface area contributed by atoms with Gasteiger partial charge in [-0.05, 0) is 39.7 Å². The lowest BCUT2D eigenvalue weighted by Gasteiger charge is -2.23. The Labute approximate surface area is 152 Å². The molecule has 0 saturated heterocycles. The second-order valence-corrected chi connectivity index (χ2v) is 6.15. The van der Waals surface area contributed by atoms with Crippen molar-refractivity contribution < 1.29 is 4.74 Å². The zero-order valence-electron chi connectivity index (χ0n) is 14.3. The second-order valence-electron chi connectivity index (χ2n) is 6.15. The van der Waals surface area contributed by atoms with Gasteiger partial charge < -0.3 is 15.4 Å². The van der Waals surface area contributed by atoms with Crippen LogP contribution in [0.3, 0.4) is 0 Å². The van der Waals surface area contributed by atoms with Gasteiger partial charge in [0.15, 0.2) is 5.96 Å². The first-order chi connectivity index (χ1) is 9.92. The van der Waals surface area contributed by atoms with Crippen molar-refractivity contribution in [1.82, 2.24) is 10.6 Å². The lowest BCUT2D eigenvalue weighted by Crippen LogP contribution is -2.47. The maximum atomic E-state index is 5.84. The average molecular weight is 419 g/mol. The number of rotatable bonds is 6. The highest BCUT2D eigenvalue weighted by Crippen LogP contribution is 2.15. The van der Waals surface area contributed by atoms with Crippen LogP contribution in [0.5, 0.6) is 0 Å². The minimum atomic E-state index is 0. The maximum absolute atomic E-state index is 5.84. The smallest absolute Gasteiger partial charge is 0.191 e. The van der Waals surface area contributed by atoms with Crippen LogP contribution in [-0.2, 0) is 4.74 Å². The third-order valence-electron chi connectivity index (χ3n) is 2.97.